The summed E-state index contributed by atoms with van der Waals surface area (Å²) in [5.41, 5.74) is 2.87. The van der Waals surface area contributed by atoms with E-state index in [2.05, 4.69) is 11.4 Å². The van der Waals surface area contributed by atoms with Crippen molar-refractivity contribution in [3.63, 3.8) is 0 Å². The number of amides is 1. The fourth-order valence-electron chi connectivity index (χ4n) is 2.78. The summed E-state index contributed by atoms with van der Waals surface area (Å²) in [6.45, 7) is 2.85. The molecular formula is C21H25N3O3S. The number of methoxy groups -OCH3 is 2. The van der Waals surface area contributed by atoms with Crippen LogP contribution in [0.3, 0.4) is 0 Å². The van der Waals surface area contributed by atoms with E-state index in [4.69, 9.17) is 14.7 Å². The molecular weight excluding hydrogens is 374 g/mol. The van der Waals surface area contributed by atoms with Gasteiger partial charge in [0.05, 0.1) is 38.3 Å². The summed E-state index contributed by atoms with van der Waals surface area (Å²) in [7, 11) is 5.11. The number of anilines is 1. The zero-order chi connectivity index (χ0) is 20.5. The first-order valence-electron chi connectivity index (χ1n) is 8.77. The van der Waals surface area contributed by atoms with Crippen molar-refractivity contribution in [3.05, 3.63) is 47.5 Å². The van der Waals surface area contributed by atoms with Gasteiger partial charge in [0.2, 0.25) is 5.91 Å². The third kappa shape index (κ3) is 5.91. The second-order valence-corrected chi connectivity index (χ2v) is 7.31. The summed E-state index contributed by atoms with van der Waals surface area (Å²) in [5, 5.41) is 11.7. The van der Waals surface area contributed by atoms with Gasteiger partial charge in [-0.05, 0) is 49.4 Å². The molecule has 0 fully saturated rings. The van der Waals surface area contributed by atoms with Crippen molar-refractivity contribution in [1.82, 2.24) is 4.90 Å². The lowest BCUT2D eigenvalue weighted by Gasteiger charge is -2.19. The minimum atomic E-state index is -0.106. The lowest BCUT2D eigenvalue weighted by molar-refractivity contribution is -0.117. The average Bonchev–Trinajstić information content (AvgIpc) is 2.68. The molecule has 1 amide bonds. The number of carbonyl (C=O) groups excluding carboxylic acids is 1. The molecule has 0 spiro atoms. The number of nitriles is 1. The number of nitrogens with one attached hydrogen (secondary N) is 1. The maximum Gasteiger partial charge on any atom is 0.238 e. The zero-order valence-electron chi connectivity index (χ0n) is 16.6. The molecule has 0 aliphatic rings. The van der Waals surface area contributed by atoms with E-state index in [1.54, 1.807) is 14.2 Å². The van der Waals surface area contributed by atoms with Gasteiger partial charge in [-0.2, -0.15) is 5.26 Å². The van der Waals surface area contributed by atoms with E-state index in [1.165, 1.54) is 11.8 Å². The van der Waals surface area contributed by atoms with Crippen molar-refractivity contribution in [2.24, 2.45) is 0 Å². The summed E-state index contributed by atoms with van der Waals surface area (Å²) < 4.78 is 10.7. The van der Waals surface area contributed by atoms with Gasteiger partial charge >= 0.3 is 0 Å². The van der Waals surface area contributed by atoms with Crippen molar-refractivity contribution in [2.45, 2.75) is 18.4 Å². The number of nitrogens with zero attached hydrogens (tertiary/aromatic N) is 2. The highest BCUT2D eigenvalue weighted by molar-refractivity contribution is 7.99. The maximum atomic E-state index is 12.5. The third-order valence-corrected chi connectivity index (χ3v) is 5.09. The van der Waals surface area contributed by atoms with Crippen LogP contribution in [-0.2, 0) is 11.3 Å². The van der Waals surface area contributed by atoms with Gasteiger partial charge in [-0.15, -0.1) is 11.8 Å². The van der Waals surface area contributed by atoms with Crippen LogP contribution >= 0.6 is 11.8 Å². The molecule has 2 aromatic rings. The Labute approximate surface area is 170 Å². The number of carbonyl (C=O) groups is 1. The van der Waals surface area contributed by atoms with Crippen LogP contribution < -0.4 is 14.8 Å². The molecule has 0 atom stereocenters. The number of rotatable bonds is 9. The van der Waals surface area contributed by atoms with Crippen LogP contribution in [0.1, 0.15) is 11.1 Å². The van der Waals surface area contributed by atoms with E-state index in [1.807, 2.05) is 55.3 Å². The SMILES string of the molecule is COc1cc(C)c(CN(C)CC(=O)Nc2ccccc2SCC#N)cc1OC. The van der Waals surface area contributed by atoms with Crippen molar-refractivity contribution in [2.75, 3.05) is 38.9 Å². The molecule has 0 aliphatic carbocycles. The number of hydrogen-bond acceptors (Lipinski definition) is 6. The van der Waals surface area contributed by atoms with Crippen molar-refractivity contribution in [1.29, 1.82) is 5.26 Å². The molecule has 7 heteroatoms. The number of aryl methyl sites for hydroxylation is 1. The maximum absolute atomic E-state index is 12.5. The Morgan fingerprint density at radius 3 is 2.57 bits per heavy atom. The first-order chi connectivity index (χ1) is 13.5. The summed E-state index contributed by atoms with van der Waals surface area (Å²) in [6.07, 6.45) is 0. The Kier molecular flexibility index (Phi) is 8.18. The minimum absolute atomic E-state index is 0.106. The molecule has 148 valence electrons. The topological polar surface area (TPSA) is 74.6 Å². The molecule has 6 nitrogen and oxygen atoms in total. The predicted molar refractivity (Wildman–Crippen MR) is 112 cm³/mol. The highest BCUT2D eigenvalue weighted by Crippen LogP contribution is 2.31. The van der Waals surface area contributed by atoms with Crippen LogP contribution in [0.25, 0.3) is 0 Å². The molecule has 0 saturated carbocycles. The standard InChI is InChI=1S/C21H25N3O3S/c1-15-11-18(26-3)19(27-4)12-16(15)13-24(2)14-21(25)23-17-7-5-6-8-20(17)28-10-9-22/h5-8,11-12H,10,13-14H2,1-4H3,(H,23,25). The highest BCUT2D eigenvalue weighted by Gasteiger charge is 2.13. The van der Waals surface area contributed by atoms with Crippen molar-refractivity contribution in [3.8, 4) is 17.6 Å². The summed E-state index contributed by atoms with van der Waals surface area (Å²) in [6, 6.07) is 13.5. The van der Waals surface area contributed by atoms with E-state index < -0.39 is 0 Å². The predicted octanol–water partition coefficient (Wildman–Crippen LogP) is 3.70. The van der Waals surface area contributed by atoms with Gasteiger partial charge in [0.25, 0.3) is 0 Å². The fraction of sp³-hybridized carbons (Fsp3) is 0.333. The normalized spacial score (nSPS) is 10.4. The van der Waals surface area contributed by atoms with E-state index in [0.717, 1.165) is 21.7 Å². The smallest absolute Gasteiger partial charge is 0.238 e. The van der Waals surface area contributed by atoms with Gasteiger partial charge in [-0.3, -0.25) is 9.69 Å². The number of thioether (sulfide) groups is 1. The molecule has 0 saturated heterocycles. The number of hydrogen-bond donors (Lipinski definition) is 1. The van der Waals surface area contributed by atoms with Gasteiger partial charge in [-0.25, -0.2) is 0 Å². The number of benzene rings is 2. The first kappa shape index (κ1) is 21.6. The van der Waals surface area contributed by atoms with Gasteiger partial charge in [-0.1, -0.05) is 12.1 Å². The van der Waals surface area contributed by atoms with Crippen LogP contribution in [-0.4, -0.2) is 44.4 Å². The molecule has 0 aliphatic heterocycles. The second-order valence-electron chi connectivity index (χ2n) is 6.30. The van der Waals surface area contributed by atoms with E-state index in [-0.39, 0.29) is 12.5 Å². The summed E-state index contributed by atoms with van der Waals surface area (Å²) >= 11 is 1.40. The minimum Gasteiger partial charge on any atom is -0.493 e. The van der Waals surface area contributed by atoms with Crippen molar-refractivity contribution >= 4 is 23.4 Å². The molecule has 0 radical (unpaired) electrons. The van der Waals surface area contributed by atoms with Gasteiger partial charge in [0, 0.05) is 11.4 Å². The Hall–Kier alpha value is -2.69. The Bertz CT molecular complexity index is 864. The zero-order valence-corrected chi connectivity index (χ0v) is 17.4. The molecule has 0 unspecified atom stereocenters. The van der Waals surface area contributed by atoms with Crippen molar-refractivity contribution < 1.29 is 14.3 Å². The molecule has 0 aromatic heterocycles. The molecule has 0 heterocycles. The summed E-state index contributed by atoms with van der Waals surface area (Å²) in [5.74, 6) is 1.59. The highest BCUT2D eigenvalue weighted by atomic mass is 32.2. The van der Waals surface area contributed by atoms with E-state index in [0.29, 0.717) is 23.8 Å². The fourth-order valence-corrected chi connectivity index (χ4v) is 3.45. The number of likely N-dealkylation sites (N-methyl/N-ethyl adjacent to an activating group) is 1. The molecule has 2 aromatic carbocycles. The molecule has 0 bridgehead atoms. The van der Waals surface area contributed by atoms with Crippen LogP contribution in [0.5, 0.6) is 11.5 Å². The molecule has 1 N–H and O–H groups in total. The Balaban J connectivity index is 2.01. The number of ether oxygens (including phenoxy) is 2. The lowest BCUT2D eigenvalue weighted by atomic mass is 10.1. The first-order valence-corrected chi connectivity index (χ1v) is 9.75. The van der Waals surface area contributed by atoms with Crippen LogP contribution in [0.15, 0.2) is 41.3 Å². The van der Waals surface area contributed by atoms with Gasteiger partial charge in [0.15, 0.2) is 11.5 Å². The molecule has 28 heavy (non-hydrogen) atoms. The third-order valence-electron chi connectivity index (χ3n) is 4.15. The monoisotopic (exact) mass is 399 g/mol. The van der Waals surface area contributed by atoms with Crippen LogP contribution in [0.2, 0.25) is 0 Å². The van der Waals surface area contributed by atoms with E-state index >= 15 is 0 Å². The van der Waals surface area contributed by atoms with Gasteiger partial charge in [0.1, 0.15) is 0 Å². The molecule has 2 rings (SSSR count). The van der Waals surface area contributed by atoms with Crippen LogP contribution in [0.4, 0.5) is 5.69 Å². The van der Waals surface area contributed by atoms with E-state index in [9.17, 15) is 4.79 Å². The average molecular weight is 400 g/mol. The quantitative estimate of drug-likeness (QED) is 0.648. The second kappa shape index (κ2) is 10.6. The lowest BCUT2D eigenvalue weighted by Crippen LogP contribution is -2.30. The van der Waals surface area contributed by atoms with Crippen LogP contribution in [0, 0.1) is 18.3 Å². The number of para-hydroxylation sites is 1. The Morgan fingerprint density at radius 2 is 1.89 bits per heavy atom. The Morgan fingerprint density at radius 1 is 1.21 bits per heavy atom. The van der Waals surface area contributed by atoms with Gasteiger partial charge < -0.3 is 14.8 Å². The summed E-state index contributed by atoms with van der Waals surface area (Å²) in [4.78, 5) is 15.3. The largest absolute Gasteiger partial charge is 0.493 e.